The first kappa shape index (κ1) is 17.7. The van der Waals surface area contributed by atoms with Crippen LogP contribution >= 0.6 is 0 Å². The van der Waals surface area contributed by atoms with Gasteiger partial charge >= 0.3 is 11.9 Å². The Bertz CT molecular complexity index is 574. The number of rotatable bonds is 4. The summed E-state index contributed by atoms with van der Waals surface area (Å²) >= 11 is 0. The minimum atomic E-state index is -0.651. The van der Waals surface area contributed by atoms with Crippen molar-refractivity contribution in [3.63, 3.8) is 0 Å². The molecule has 0 saturated heterocycles. The van der Waals surface area contributed by atoms with E-state index in [1.165, 1.54) is 25.0 Å². The Hall–Kier alpha value is -2.37. The molecule has 0 unspecified atom stereocenters. The smallest absolute Gasteiger partial charge is 0.339 e. The maximum Gasteiger partial charge on any atom is 0.339 e. The van der Waals surface area contributed by atoms with E-state index in [-0.39, 0.29) is 18.0 Å². The second kappa shape index (κ2) is 7.06. The number of para-hydroxylation sites is 1. The van der Waals surface area contributed by atoms with Gasteiger partial charge in [0.15, 0.2) is 0 Å². The fourth-order valence-corrected chi connectivity index (χ4v) is 1.86. The van der Waals surface area contributed by atoms with Crippen molar-refractivity contribution in [1.82, 2.24) is 0 Å². The summed E-state index contributed by atoms with van der Waals surface area (Å²) in [5.41, 5.74) is -0.127. The van der Waals surface area contributed by atoms with Gasteiger partial charge in [-0.1, -0.05) is 12.1 Å². The van der Waals surface area contributed by atoms with Gasteiger partial charge in [0.25, 0.3) is 0 Å². The van der Waals surface area contributed by atoms with Crippen molar-refractivity contribution in [2.24, 2.45) is 0 Å². The van der Waals surface area contributed by atoms with Crippen LogP contribution in [0.15, 0.2) is 24.3 Å². The Morgan fingerprint density at radius 3 is 2.23 bits per heavy atom. The molecule has 0 fully saturated rings. The minimum Gasteiger partial charge on any atom is -0.465 e. The van der Waals surface area contributed by atoms with Crippen LogP contribution in [0.5, 0.6) is 0 Å². The van der Waals surface area contributed by atoms with Gasteiger partial charge in [-0.25, -0.2) is 4.79 Å². The number of nitrogens with zero attached hydrogens (tertiary/aromatic N) is 1. The second-order valence-corrected chi connectivity index (χ2v) is 5.70. The molecule has 0 aliphatic rings. The molecular formula is C16H21NO5. The van der Waals surface area contributed by atoms with Crippen molar-refractivity contribution in [3.8, 4) is 0 Å². The molecule has 0 heterocycles. The second-order valence-electron chi connectivity index (χ2n) is 5.70. The number of amides is 1. The van der Waals surface area contributed by atoms with Crippen molar-refractivity contribution in [3.05, 3.63) is 29.8 Å². The van der Waals surface area contributed by atoms with E-state index in [9.17, 15) is 14.4 Å². The van der Waals surface area contributed by atoms with Crippen molar-refractivity contribution < 1.29 is 23.9 Å². The first-order chi connectivity index (χ1) is 10.2. The van der Waals surface area contributed by atoms with Crippen molar-refractivity contribution in [1.29, 1.82) is 0 Å². The van der Waals surface area contributed by atoms with Gasteiger partial charge in [-0.05, 0) is 32.9 Å². The van der Waals surface area contributed by atoms with Crippen LogP contribution in [0.1, 0.15) is 38.1 Å². The van der Waals surface area contributed by atoms with E-state index in [1.54, 1.807) is 39.0 Å². The predicted octanol–water partition coefficient (Wildman–Crippen LogP) is 2.17. The molecule has 6 nitrogen and oxygen atoms in total. The molecule has 1 rings (SSSR count). The molecule has 0 N–H and O–H groups in total. The third-order valence-corrected chi connectivity index (χ3v) is 2.69. The van der Waals surface area contributed by atoms with Gasteiger partial charge < -0.3 is 14.4 Å². The molecule has 0 atom stereocenters. The molecule has 1 amide bonds. The van der Waals surface area contributed by atoms with Crippen LogP contribution in [-0.4, -0.2) is 37.1 Å². The molecule has 0 radical (unpaired) electrons. The van der Waals surface area contributed by atoms with Gasteiger partial charge in [0, 0.05) is 6.92 Å². The lowest BCUT2D eigenvalue weighted by atomic mass is 10.1. The van der Waals surface area contributed by atoms with Crippen LogP contribution in [-0.2, 0) is 19.1 Å². The van der Waals surface area contributed by atoms with Gasteiger partial charge in [-0.2, -0.15) is 0 Å². The van der Waals surface area contributed by atoms with E-state index in [4.69, 9.17) is 9.47 Å². The molecule has 0 saturated carbocycles. The maximum atomic E-state index is 12.0. The zero-order valence-corrected chi connectivity index (χ0v) is 13.5. The molecule has 6 heteroatoms. The van der Waals surface area contributed by atoms with Gasteiger partial charge in [-0.3, -0.25) is 9.59 Å². The Morgan fingerprint density at radius 1 is 1.14 bits per heavy atom. The average molecular weight is 307 g/mol. The molecule has 0 aliphatic carbocycles. The lowest BCUT2D eigenvalue weighted by Gasteiger charge is -2.25. The maximum absolute atomic E-state index is 12.0. The number of esters is 2. The Kier molecular flexibility index (Phi) is 5.68. The zero-order chi connectivity index (χ0) is 16.9. The summed E-state index contributed by atoms with van der Waals surface area (Å²) in [6.45, 7) is 6.27. The van der Waals surface area contributed by atoms with E-state index >= 15 is 0 Å². The molecular weight excluding hydrogens is 286 g/mol. The summed E-state index contributed by atoms with van der Waals surface area (Å²) in [5.74, 6) is -1.50. The monoisotopic (exact) mass is 307 g/mol. The van der Waals surface area contributed by atoms with Crippen LogP contribution in [0.4, 0.5) is 5.69 Å². The number of carbonyl (C=O) groups excluding carboxylic acids is 3. The number of anilines is 1. The number of benzene rings is 1. The fraction of sp³-hybridized carbons (Fsp3) is 0.438. The van der Waals surface area contributed by atoms with E-state index in [1.807, 2.05) is 0 Å². The number of hydrogen-bond acceptors (Lipinski definition) is 5. The van der Waals surface area contributed by atoms with Gasteiger partial charge in [0.1, 0.15) is 12.1 Å². The van der Waals surface area contributed by atoms with Crippen molar-refractivity contribution >= 4 is 23.5 Å². The Labute approximate surface area is 130 Å². The zero-order valence-electron chi connectivity index (χ0n) is 13.5. The third-order valence-electron chi connectivity index (χ3n) is 2.69. The van der Waals surface area contributed by atoms with E-state index < -0.39 is 17.5 Å². The van der Waals surface area contributed by atoms with Gasteiger partial charge in [0.05, 0.1) is 18.4 Å². The number of ether oxygens (including phenoxy) is 2. The summed E-state index contributed by atoms with van der Waals surface area (Å²) in [5, 5.41) is 0. The summed E-state index contributed by atoms with van der Waals surface area (Å²) in [7, 11) is 1.26. The highest BCUT2D eigenvalue weighted by atomic mass is 16.6. The number of methoxy groups -OCH3 is 1. The molecule has 22 heavy (non-hydrogen) atoms. The predicted molar refractivity (Wildman–Crippen MR) is 81.7 cm³/mol. The van der Waals surface area contributed by atoms with E-state index in [0.29, 0.717) is 5.69 Å². The van der Waals surface area contributed by atoms with Gasteiger partial charge in [-0.15, -0.1) is 0 Å². The average Bonchev–Trinajstić information content (AvgIpc) is 2.41. The van der Waals surface area contributed by atoms with Crippen molar-refractivity contribution in [2.45, 2.75) is 33.3 Å². The lowest BCUT2D eigenvalue weighted by molar-refractivity contribution is -0.153. The molecule has 1 aromatic rings. The highest BCUT2D eigenvalue weighted by Gasteiger charge is 2.24. The van der Waals surface area contributed by atoms with Crippen LogP contribution in [0.3, 0.4) is 0 Å². The topological polar surface area (TPSA) is 72.9 Å². The van der Waals surface area contributed by atoms with Crippen LogP contribution in [0.2, 0.25) is 0 Å². The normalized spacial score (nSPS) is 10.8. The highest BCUT2D eigenvalue weighted by Crippen LogP contribution is 2.22. The number of carbonyl (C=O) groups is 3. The summed E-state index contributed by atoms with van der Waals surface area (Å²) < 4.78 is 9.92. The summed E-state index contributed by atoms with van der Waals surface area (Å²) in [6, 6.07) is 6.44. The minimum absolute atomic E-state index is 0.212. The Morgan fingerprint density at radius 2 is 1.73 bits per heavy atom. The summed E-state index contributed by atoms with van der Waals surface area (Å²) in [4.78, 5) is 36.8. The van der Waals surface area contributed by atoms with Crippen LogP contribution in [0.25, 0.3) is 0 Å². The molecule has 0 aliphatic heterocycles. The number of hydrogen-bond donors (Lipinski definition) is 0. The SMILES string of the molecule is COC(=O)c1ccccc1N(CC(=O)OC(C)(C)C)C(C)=O. The van der Waals surface area contributed by atoms with E-state index in [0.717, 1.165) is 0 Å². The van der Waals surface area contributed by atoms with Gasteiger partial charge in [0.2, 0.25) is 5.91 Å². The molecule has 0 bridgehead atoms. The van der Waals surface area contributed by atoms with E-state index in [2.05, 4.69) is 0 Å². The lowest BCUT2D eigenvalue weighted by Crippen LogP contribution is -2.38. The molecule has 0 aromatic heterocycles. The Balaban J connectivity index is 3.10. The highest BCUT2D eigenvalue weighted by molar-refractivity contribution is 6.03. The third kappa shape index (κ3) is 4.87. The molecule has 0 spiro atoms. The first-order valence-electron chi connectivity index (χ1n) is 6.83. The standard InChI is InChI=1S/C16H21NO5/c1-11(18)17(10-14(19)22-16(2,3)4)13-9-7-6-8-12(13)15(20)21-5/h6-9H,10H2,1-5H3. The molecule has 120 valence electrons. The van der Waals surface area contributed by atoms with Crippen molar-refractivity contribution in [2.75, 3.05) is 18.6 Å². The van der Waals surface area contributed by atoms with Crippen LogP contribution in [0, 0.1) is 0 Å². The molecule has 1 aromatic carbocycles. The summed E-state index contributed by atoms with van der Waals surface area (Å²) in [6.07, 6.45) is 0. The largest absolute Gasteiger partial charge is 0.465 e. The quantitative estimate of drug-likeness (QED) is 0.797. The fourth-order valence-electron chi connectivity index (χ4n) is 1.86. The first-order valence-corrected chi connectivity index (χ1v) is 6.83. The van der Waals surface area contributed by atoms with Crippen LogP contribution < -0.4 is 4.90 Å².